The van der Waals surface area contributed by atoms with Crippen molar-refractivity contribution < 1.29 is 0 Å². The van der Waals surface area contributed by atoms with Gasteiger partial charge in [0.15, 0.2) is 0 Å². The molecule has 2 N–H and O–H groups in total. The first kappa shape index (κ1) is 11.4. The Hall–Kier alpha value is -1.09. The SMILES string of the molecule is Cc1cncc(C)c1N1CCCC(CN)C1. The van der Waals surface area contributed by atoms with E-state index in [1.54, 1.807) is 0 Å². The smallest absolute Gasteiger partial charge is 0.0456 e. The monoisotopic (exact) mass is 219 g/mol. The largest absolute Gasteiger partial charge is 0.371 e. The van der Waals surface area contributed by atoms with E-state index in [0.29, 0.717) is 5.92 Å². The van der Waals surface area contributed by atoms with Crippen molar-refractivity contribution in [2.24, 2.45) is 11.7 Å². The van der Waals surface area contributed by atoms with E-state index >= 15 is 0 Å². The van der Waals surface area contributed by atoms with Crippen LogP contribution in [0.5, 0.6) is 0 Å². The molecular formula is C13H21N3. The molecule has 0 bridgehead atoms. The van der Waals surface area contributed by atoms with Crippen LogP contribution >= 0.6 is 0 Å². The van der Waals surface area contributed by atoms with Gasteiger partial charge in [0.05, 0.1) is 0 Å². The first-order valence-electron chi connectivity index (χ1n) is 6.08. The van der Waals surface area contributed by atoms with Gasteiger partial charge < -0.3 is 10.6 Å². The van der Waals surface area contributed by atoms with Gasteiger partial charge in [-0.3, -0.25) is 4.98 Å². The number of piperidine rings is 1. The van der Waals surface area contributed by atoms with E-state index in [-0.39, 0.29) is 0 Å². The van der Waals surface area contributed by atoms with Crippen LogP contribution in [0.2, 0.25) is 0 Å². The Balaban J connectivity index is 2.23. The standard InChI is InChI=1S/C13H21N3/c1-10-7-15-8-11(2)13(10)16-5-3-4-12(6-14)9-16/h7-8,12H,3-6,9,14H2,1-2H3. The van der Waals surface area contributed by atoms with Gasteiger partial charge in [0, 0.05) is 31.2 Å². The second-order valence-corrected chi connectivity index (χ2v) is 4.81. The Labute approximate surface area is 97.7 Å². The molecule has 1 fully saturated rings. The van der Waals surface area contributed by atoms with E-state index < -0.39 is 0 Å². The summed E-state index contributed by atoms with van der Waals surface area (Å²) in [6.07, 6.45) is 6.43. The maximum Gasteiger partial charge on any atom is 0.0456 e. The van der Waals surface area contributed by atoms with E-state index in [1.165, 1.54) is 29.7 Å². The molecule has 1 aliphatic heterocycles. The van der Waals surface area contributed by atoms with Crippen molar-refractivity contribution in [2.45, 2.75) is 26.7 Å². The van der Waals surface area contributed by atoms with Crippen LogP contribution in [0.25, 0.3) is 0 Å². The van der Waals surface area contributed by atoms with Crippen LogP contribution in [0.3, 0.4) is 0 Å². The van der Waals surface area contributed by atoms with Gasteiger partial charge in [0.2, 0.25) is 0 Å². The molecule has 1 aliphatic rings. The number of aryl methyl sites for hydroxylation is 2. The highest BCUT2D eigenvalue weighted by Gasteiger charge is 2.21. The second kappa shape index (κ2) is 4.83. The third-order valence-electron chi connectivity index (χ3n) is 3.45. The van der Waals surface area contributed by atoms with E-state index in [4.69, 9.17) is 5.73 Å². The maximum absolute atomic E-state index is 5.78. The van der Waals surface area contributed by atoms with E-state index in [9.17, 15) is 0 Å². The van der Waals surface area contributed by atoms with Gasteiger partial charge in [-0.2, -0.15) is 0 Å². The van der Waals surface area contributed by atoms with Gasteiger partial charge in [-0.25, -0.2) is 0 Å². The zero-order valence-electron chi connectivity index (χ0n) is 10.2. The molecule has 3 heteroatoms. The number of pyridine rings is 1. The van der Waals surface area contributed by atoms with Gasteiger partial charge >= 0.3 is 0 Å². The molecule has 0 saturated carbocycles. The highest BCUT2D eigenvalue weighted by molar-refractivity contribution is 5.57. The summed E-state index contributed by atoms with van der Waals surface area (Å²) in [4.78, 5) is 6.71. The summed E-state index contributed by atoms with van der Waals surface area (Å²) >= 11 is 0. The van der Waals surface area contributed by atoms with Crippen molar-refractivity contribution >= 4 is 5.69 Å². The molecule has 3 nitrogen and oxygen atoms in total. The molecule has 1 saturated heterocycles. The molecule has 0 aliphatic carbocycles. The molecule has 88 valence electrons. The molecule has 16 heavy (non-hydrogen) atoms. The average Bonchev–Trinajstić information content (AvgIpc) is 2.29. The molecule has 0 aromatic carbocycles. The predicted molar refractivity (Wildman–Crippen MR) is 67.7 cm³/mol. The molecule has 0 amide bonds. The quantitative estimate of drug-likeness (QED) is 0.825. The normalized spacial score (nSPS) is 21.2. The maximum atomic E-state index is 5.78. The summed E-state index contributed by atoms with van der Waals surface area (Å²) in [5, 5.41) is 0. The van der Waals surface area contributed by atoms with Gasteiger partial charge in [0.25, 0.3) is 0 Å². The molecule has 2 rings (SSSR count). The van der Waals surface area contributed by atoms with Gasteiger partial charge in [-0.1, -0.05) is 0 Å². The number of rotatable bonds is 2. The molecule has 0 radical (unpaired) electrons. The van der Waals surface area contributed by atoms with Crippen LogP contribution in [-0.4, -0.2) is 24.6 Å². The van der Waals surface area contributed by atoms with Crippen molar-refractivity contribution in [1.82, 2.24) is 4.98 Å². The lowest BCUT2D eigenvalue weighted by Crippen LogP contribution is -2.39. The number of nitrogens with zero attached hydrogens (tertiary/aromatic N) is 2. The van der Waals surface area contributed by atoms with E-state index in [0.717, 1.165) is 19.6 Å². The predicted octanol–water partition coefficient (Wildman–Crippen LogP) is 1.87. The molecule has 1 aromatic rings. The molecule has 1 atom stereocenters. The fourth-order valence-corrected chi connectivity index (χ4v) is 2.65. The van der Waals surface area contributed by atoms with Crippen molar-refractivity contribution in [2.75, 3.05) is 24.5 Å². The third-order valence-corrected chi connectivity index (χ3v) is 3.45. The fraction of sp³-hybridized carbons (Fsp3) is 0.615. The Morgan fingerprint density at radius 3 is 2.69 bits per heavy atom. The zero-order chi connectivity index (χ0) is 11.5. The number of hydrogen-bond donors (Lipinski definition) is 1. The van der Waals surface area contributed by atoms with Gasteiger partial charge in [-0.05, 0) is 50.3 Å². The average molecular weight is 219 g/mol. The summed E-state index contributed by atoms with van der Waals surface area (Å²) in [6.45, 7) is 7.34. The van der Waals surface area contributed by atoms with Crippen molar-refractivity contribution in [3.05, 3.63) is 23.5 Å². The highest BCUT2D eigenvalue weighted by atomic mass is 15.1. The molecule has 0 spiro atoms. The Kier molecular flexibility index (Phi) is 3.44. The summed E-state index contributed by atoms with van der Waals surface area (Å²) in [5.74, 6) is 0.653. The van der Waals surface area contributed by atoms with Crippen LogP contribution in [0, 0.1) is 19.8 Å². The minimum Gasteiger partial charge on any atom is -0.371 e. The van der Waals surface area contributed by atoms with Gasteiger partial charge in [-0.15, -0.1) is 0 Å². The van der Waals surface area contributed by atoms with Crippen LogP contribution in [0.4, 0.5) is 5.69 Å². The summed E-state index contributed by atoms with van der Waals surface area (Å²) < 4.78 is 0. The van der Waals surface area contributed by atoms with E-state index in [1.807, 2.05) is 12.4 Å². The first-order valence-corrected chi connectivity index (χ1v) is 6.08. The summed E-state index contributed by atoms with van der Waals surface area (Å²) in [5.41, 5.74) is 9.70. The summed E-state index contributed by atoms with van der Waals surface area (Å²) in [6, 6.07) is 0. The number of aromatic nitrogens is 1. The Morgan fingerprint density at radius 1 is 1.38 bits per heavy atom. The van der Waals surface area contributed by atoms with Crippen LogP contribution < -0.4 is 10.6 Å². The number of anilines is 1. The van der Waals surface area contributed by atoms with Crippen LogP contribution in [0.15, 0.2) is 12.4 Å². The molecule has 1 unspecified atom stereocenters. The molecule has 1 aromatic heterocycles. The summed E-state index contributed by atoms with van der Waals surface area (Å²) in [7, 11) is 0. The third kappa shape index (κ3) is 2.19. The Bertz CT molecular complexity index is 342. The highest BCUT2D eigenvalue weighted by Crippen LogP contribution is 2.28. The molecule has 2 heterocycles. The lowest BCUT2D eigenvalue weighted by atomic mass is 9.97. The van der Waals surface area contributed by atoms with Crippen molar-refractivity contribution in [3.8, 4) is 0 Å². The van der Waals surface area contributed by atoms with E-state index in [2.05, 4.69) is 23.7 Å². The van der Waals surface area contributed by atoms with Crippen molar-refractivity contribution in [1.29, 1.82) is 0 Å². The van der Waals surface area contributed by atoms with Crippen molar-refractivity contribution in [3.63, 3.8) is 0 Å². The topological polar surface area (TPSA) is 42.2 Å². The van der Waals surface area contributed by atoms with Gasteiger partial charge in [0.1, 0.15) is 0 Å². The number of nitrogens with two attached hydrogens (primary N) is 1. The minimum absolute atomic E-state index is 0.653. The lowest BCUT2D eigenvalue weighted by molar-refractivity contribution is 0.423. The fourth-order valence-electron chi connectivity index (χ4n) is 2.65. The Morgan fingerprint density at radius 2 is 2.06 bits per heavy atom. The zero-order valence-corrected chi connectivity index (χ0v) is 10.2. The number of hydrogen-bond acceptors (Lipinski definition) is 3. The first-order chi connectivity index (χ1) is 7.72. The second-order valence-electron chi connectivity index (χ2n) is 4.81. The van der Waals surface area contributed by atoms with Crippen LogP contribution in [0.1, 0.15) is 24.0 Å². The lowest BCUT2D eigenvalue weighted by Gasteiger charge is -2.35. The molecular weight excluding hydrogens is 198 g/mol. The van der Waals surface area contributed by atoms with Crippen LogP contribution in [-0.2, 0) is 0 Å². The minimum atomic E-state index is 0.653.